The second kappa shape index (κ2) is 13.6. The Labute approximate surface area is 277 Å². The summed E-state index contributed by atoms with van der Waals surface area (Å²) < 4.78 is 10.0. The number of aliphatic hydroxyl groups is 1. The van der Waals surface area contributed by atoms with E-state index in [1.807, 2.05) is 31.2 Å². The number of hydrogen-bond donors (Lipinski definition) is 1. The van der Waals surface area contributed by atoms with Gasteiger partial charge in [-0.15, -0.1) is 24.9 Å². The predicted octanol–water partition coefficient (Wildman–Crippen LogP) is 4.68. The predicted molar refractivity (Wildman–Crippen MR) is 181 cm³/mol. The number of fused-ring (bicyclic) bond motifs is 1. The van der Waals surface area contributed by atoms with Gasteiger partial charge in [0.05, 0.1) is 42.9 Å². The lowest BCUT2D eigenvalue weighted by Crippen LogP contribution is -2.57. The van der Waals surface area contributed by atoms with Crippen LogP contribution in [0.25, 0.3) is 0 Å². The van der Waals surface area contributed by atoms with Gasteiger partial charge >= 0.3 is 0 Å². The highest BCUT2D eigenvalue weighted by molar-refractivity contribution is 9.09. The lowest BCUT2D eigenvalue weighted by Gasteiger charge is -2.39. The molecule has 3 aliphatic heterocycles. The van der Waals surface area contributed by atoms with E-state index in [4.69, 9.17) is 9.47 Å². The standard InChI is InChI=1S/C34H40BrN3O6S/c1-6-17-36(22-11-15-25(16-12-22)44-8-3)31(40)27-28-32(41)38(21(4)20-39)30(34(28)19-26(35)29(27)45-34)33(42)37(18-7-2)23-9-13-24(43-5)14-10-23/h6-7,9-16,21,26-30,39H,1-2,8,17-20H2,3-5H3/t21-,26?,27+,28+,29+,30?,34?/m1/s1. The molecule has 0 aromatic heterocycles. The van der Waals surface area contributed by atoms with Crippen molar-refractivity contribution in [2.45, 2.75) is 47.2 Å². The molecular weight excluding hydrogens is 658 g/mol. The van der Waals surface area contributed by atoms with E-state index < -0.39 is 28.7 Å². The highest BCUT2D eigenvalue weighted by atomic mass is 79.9. The van der Waals surface area contributed by atoms with Crippen LogP contribution in [0.2, 0.25) is 0 Å². The molecule has 45 heavy (non-hydrogen) atoms. The van der Waals surface area contributed by atoms with Crippen LogP contribution < -0.4 is 19.3 Å². The first-order valence-electron chi connectivity index (χ1n) is 15.1. The van der Waals surface area contributed by atoms with Gasteiger partial charge in [0.25, 0.3) is 5.91 Å². The van der Waals surface area contributed by atoms with E-state index in [-0.39, 0.29) is 47.5 Å². The van der Waals surface area contributed by atoms with Crippen LogP contribution in [0.3, 0.4) is 0 Å². The Morgan fingerprint density at radius 2 is 1.62 bits per heavy atom. The number of anilines is 2. The monoisotopic (exact) mass is 697 g/mol. The zero-order valence-electron chi connectivity index (χ0n) is 25.8. The summed E-state index contributed by atoms with van der Waals surface area (Å²) in [6.07, 6.45) is 3.85. The Morgan fingerprint density at radius 1 is 1.07 bits per heavy atom. The molecule has 5 rings (SSSR count). The van der Waals surface area contributed by atoms with Gasteiger partial charge in [-0.3, -0.25) is 14.4 Å². The van der Waals surface area contributed by atoms with Crippen LogP contribution in [0, 0.1) is 11.8 Å². The maximum absolute atomic E-state index is 14.7. The zero-order chi connectivity index (χ0) is 32.5. The number of hydrogen-bond acceptors (Lipinski definition) is 7. The lowest BCUT2D eigenvalue weighted by molar-refractivity contribution is -0.141. The first-order chi connectivity index (χ1) is 21.7. The summed E-state index contributed by atoms with van der Waals surface area (Å²) in [6, 6.07) is 12.9. The molecule has 3 unspecified atom stereocenters. The number of carbonyl (C=O) groups excluding carboxylic acids is 3. The second-order valence-corrected chi connectivity index (χ2v) is 14.3. The van der Waals surface area contributed by atoms with Crippen LogP contribution in [0.15, 0.2) is 73.8 Å². The van der Waals surface area contributed by atoms with E-state index >= 15 is 0 Å². The largest absolute Gasteiger partial charge is 0.497 e. The van der Waals surface area contributed by atoms with Gasteiger partial charge in [-0.25, -0.2) is 0 Å². The molecular formula is C34H40BrN3O6S. The van der Waals surface area contributed by atoms with Crippen molar-refractivity contribution in [3.8, 4) is 11.5 Å². The molecule has 3 amide bonds. The summed E-state index contributed by atoms with van der Waals surface area (Å²) in [6.45, 7) is 12.1. The molecule has 0 radical (unpaired) electrons. The van der Waals surface area contributed by atoms with Gasteiger partial charge in [0, 0.05) is 34.5 Å². The molecule has 0 saturated carbocycles. The molecule has 2 bridgehead atoms. The molecule has 7 atom stereocenters. The molecule has 3 saturated heterocycles. The maximum atomic E-state index is 14.7. The van der Waals surface area contributed by atoms with Crippen molar-refractivity contribution in [3.05, 3.63) is 73.8 Å². The number of likely N-dealkylation sites (tertiary alicyclic amines) is 1. The summed E-state index contributed by atoms with van der Waals surface area (Å²) in [5, 5.41) is 10.1. The third kappa shape index (κ3) is 5.67. The molecule has 9 nitrogen and oxygen atoms in total. The minimum absolute atomic E-state index is 0.0973. The number of aliphatic hydroxyl groups excluding tert-OH is 1. The van der Waals surface area contributed by atoms with E-state index in [1.54, 1.807) is 72.0 Å². The van der Waals surface area contributed by atoms with Crippen molar-refractivity contribution in [1.29, 1.82) is 0 Å². The van der Waals surface area contributed by atoms with Crippen LogP contribution in [0.5, 0.6) is 11.5 Å². The van der Waals surface area contributed by atoms with Crippen LogP contribution in [-0.2, 0) is 14.4 Å². The van der Waals surface area contributed by atoms with E-state index in [0.29, 0.717) is 35.9 Å². The molecule has 240 valence electrons. The van der Waals surface area contributed by atoms with E-state index in [0.717, 1.165) is 0 Å². The Kier molecular flexibility index (Phi) is 10.0. The first-order valence-corrected chi connectivity index (χ1v) is 16.9. The normalized spacial score (nSPS) is 27.1. The van der Waals surface area contributed by atoms with E-state index in [2.05, 4.69) is 29.1 Å². The number of alkyl halides is 1. The Balaban J connectivity index is 1.56. The fourth-order valence-corrected chi connectivity index (χ4v) is 10.7. The number of thioether (sulfide) groups is 1. The Morgan fingerprint density at radius 3 is 2.13 bits per heavy atom. The molecule has 1 spiro atoms. The lowest BCUT2D eigenvalue weighted by atomic mass is 9.70. The number of methoxy groups -OCH3 is 1. The zero-order valence-corrected chi connectivity index (χ0v) is 28.2. The molecule has 2 aromatic rings. The van der Waals surface area contributed by atoms with Crippen molar-refractivity contribution in [3.63, 3.8) is 0 Å². The highest BCUT2D eigenvalue weighted by Crippen LogP contribution is 2.68. The highest BCUT2D eigenvalue weighted by Gasteiger charge is 2.76. The minimum atomic E-state index is -0.898. The molecule has 2 aromatic carbocycles. The number of rotatable bonds is 13. The average molecular weight is 699 g/mol. The topological polar surface area (TPSA) is 99.6 Å². The maximum Gasteiger partial charge on any atom is 0.251 e. The van der Waals surface area contributed by atoms with Crippen molar-refractivity contribution in [2.75, 3.05) is 43.2 Å². The van der Waals surface area contributed by atoms with E-state index in [1.165, 1.54) is 4.90 Å². The van der Waals surface area contributed by atoms with Crippen LogP contribution in [0.1, 0.15) is 20.3 Å². The molecule has 3 aliphatic rings. The van der Waals surface area contributed by atoms with Gasteiger partial charge in [0.1, 0.15) is 17.5 Å². The van der Waals surface area contributed by atoms with Crippen molar-refractivity contribution < 1.29 is 29.0 Å². The van der Waals surface area contributed by atoms with E-state index in [9.17, 15) is 19.5 Å². The molecule has 3 heterocycles. The number of benzene rings is 2. The number of carbonyl (C=O) groups is 3. The quantitative estimate of drug-likeness (QED) is 0.240. The van der Waals surface area contributed by atoms with Gasteiger partial charge in [-0.1, -0.05) is 28.1 Å². The van der Waals surface area contributed by atoms with Gasteiger partial charge < -0.3 is 29.3 Å². The average Bonchev–Trinajstić information content (AvgIpc) is 3.65. The smallest absolute Gasteiger partial charge is 0.251 e. The summed E-state index contributed by atoms with van der Waals surface area (Å²) in [4.78, 5) is 48.6. The molecule has 0 aliphatic carbocycles. The Hall–Kier alpha value is -3.28. The second-order valence-electron chi connectivity index (χ2n) is 11.5. The fraction of sp³-hybridized carbons (Fsp3) is 0.441. The number of halogens is 1. The van der Waals surface area contributed by atoms with Crippen molar-refractivity contribution in [1.82, 2.24) is 4.90 Å². The molecule has 11 heteroatoms. The van der Waals surface area contributed by atoms with Gasteiger partial charge in [0.2, 0.25) is 11.8 Å². The fourth-order valence-electron chi connectivity index (χ4n) is 7.07. The SMILES string of the molecule is C=CCN(C(=O)C1N([C@H](C)CO)C(=O)[C@@H]2[C@H](C(=O)N(CC=C)c3ccc(OCC)cc3)[C@H]3SC12CC3Br)c1ccc(OC)cc1. The minimum Gasteiger partial charge on any atom is -0.497 e. The van der Waals surface area contributed by atoms with Gasteiger partial charge in [0.15, 0.2) is 0 Å². The van der Waals surface area contributed by atoms with Crippen LogP contribution >= 0.6 is 27.7 Å². The number of nitrogens with zero attached hydrogens (tertiary/aromatic N) is 3. The summed E-state index contributed by atoms with van der Waals surface area (Å²) >= 11 is 5.41. The van der Waals surface area contributed by atoms with Gasteiger partial charge in [-0.2, -0.15) is 0 Å². The summed E-state index contributed by atoms with van der Waals surface area (Å²) in [7, 11) is 1.58. The van der Waals surface area contributed by atoms with Crippen LogP contribution in [0.4, 0.5) is 11.4 Å². The first kappa shape index (κ1) is 33.1. The third-order valence-corrected chi connectivity index (χ3v) is 12.2. The van der Waals surface area contributed by atoms with Crippen molar-refractivity contribution >= 4 is 56.8 Å². The molecule has 1 N–H and O–H groups in total. The van der Waals surface area contributed by atoms with Gasteiger partial charge in [-0.05, 0) is 68.8 Å². The number of amides is 3. The van der Waals surface area contributed by atoms with Crippen molar-refractivity contribution in [2.24, 2.45) is 11.8 Å². The summed E-state index contributed by atoms with van der Waals surface area (Å²) in [5.74, 6) is -0.818. The third-order valence-electron chi connectivity index (χ3n) is 8.98. The van der Waals surface area contributed by atoms with Crippen LogP contribution in [-0.4, -0.2) is 88.0 Å². The molecule has 3 fully saturated rings. The number of ether oxygens (including phenoxy) is 2. The Bertz CT molecular complexity index is 1440. The summed E-state index contributed by atoms with van der Waals surface area (Å²) in [5.41, 5.74) is 1.31.